The summed E-state index contributed by atoms with van der Waals surface area (Å²) in [5.74, 6) is 1.14. The molecule has 0 bridgehead atoms. The van der Waals surface area contributed by atoms with Crippen molar-refractivity contribution in [3.8, 4) is 0 Å². The lowest BCUT2D eigenvalue weighted by molar-refractivity contribution is 0.0886. The van der Waals surface area contributed by atoms with Crippen LogP contribution in [-0.4, -0.2) is 23.8 Å². The van der Waals surface area contributed by atoms with Gasteiger partial charge in [0.1, 0.15) is 6.10 Å². The standard InChI is InChI=1S/C7H13N3O2/c1-5(11-2)7-9-6(3-4-8)10-12-7/h5H,3-4,8H2,1-2H3. The topological polar surface area (TPSA) is 74.2 Å². The second-order valence-corrected chi connectivity index (χ2v) is 2.47. The van der Waals surface area contributed by atoms with Crippen LogP contribution in [0.4, 0.5) is 0 Å². The molecule has 5 nitrogen and oxygen atoms in total. The van der Waals surface area contributed by atoms with Crippen LogP contribution in [0.25, 0.3) is 0 Å². The van der Waals surface area contributed by atoms with Crippen LogP contribution in [0.15, 0.2) is 4.52 Å². The quantitative estimate of drug-likeness (QED) is 0.704. The van der Waals surface area contributed by atoms with Gasteiger partial charge in [-0.1, -0.05) is 5.16 Å². The molecule has 0 saturated carbocycles. The fourth-order valence-electron chi connectivity index (χ4n) is 0.764. The highest BCUT2D eigenvalue weighted by Crippen LogP contribution is 2.12. The summed E-state index contributed by atoms with van der Waals surface area (Å²) in [6, 6.07) is 0. The van der Waals surface area contributed by atoms with Gasteiger partial charge in [-0.15, -0.1) is 0 Å². The Morgan fingerprint density at radius 2 is 2.42 bits per heavy atom. The van der Waals surface area contributed by atoms with E-state index in [1.807, 2.05) is 6.92 Å². The normalized spacial score (nSPS) is 13.2. The Morgan fingerprint density at radius 1 is 1.67 bits per heavy atom. The first-order valence-electron chi connectivity index (χ1n) is 3.83. The van der Waals surface area contributed by atoms with E-state index in [1.54, 1.807) is 7.11 Å². The van der Waals surface area contributed by atoms with Crippen LogP contribution in [0.3, 0.4) is 0 Å². The average Bonchev–Trinajstić information content (AvgIpc) is 2.52. The van der Waals surface area contributed by atoms with E-state index in [2.05, 4.69) is 10.1 Å². The van der Waals surface area contributed by atoms with E-state index >= 15 is 0 Å². The van der Waals surface area contributed by atoms with Gasteiger partial charge >= 0.3 is 0 Å². The third-order valence-corrected chi connectivity index (χ3v) is 1.55. The molecule has 0 aliphatic heterocycles. The van der Waals surface area contributed by atoms with E-state index < -0.39 is 0 Å². The van der Waals surface area contributed by atoms with Crippen molar-refractivity contribution in [1.29, 1.82) is 0 Å². The summed E-state index contributed by atoms with van der Waals surface area (Å²) in [6.07, 6.45) is 0.490. The fraction of sp³-hybridized carbons (Fsp3) is 0.714. The minimum Gasteiger partial charge on any atom is -0.372 e. The maximum atomic E-state index is 5.33. The molecule has 0 aliphatic carbocycles. The molecule has 0 radical (unpaired) electrons. The zero-order valence-corrected chi connectivity index (χ0v) is 7.28. The first kappa shape index (κ1) is 9.15. The molecule has 1 heterocycles. The highest BCUT2D eigenvalue weighted by Gasteiger charge is 2.12. The van der Waals surface area contributed by atoms with Crippen molar-refractivity contribution in [2.24, 2.45) is 5.73 Å². The van der Waals surface area contributed by atoms with Crippen LogP contribution in [0, 0.1) is 0 Å². The van der Waals surface area contributed by atoms with Crippen LogP contribution >= 0.6 is 0 Å². The second kappa shape index (κ2) is 4.18. The Morgan fingerprint density at radius 3 is 3.00 bits per heavy atom. The van der Waals surface area contributed by atoms with Gasteiger partial charge in [0, 0.05) is 13.5 Å². The molecule has 0 amide bonds. The van der Waals surface area contributed by atoms with Crippen LogP contribution in [0.2, 0.25) is 0 Å². The smallest absolute Gasteiger partial charge is 0.255 e. The molecule has 0 aliphatic rings. The van der Waals surface area contributed by atoms with Crippen molar-refractivity contribution in [3.63, 3.8) is 0 Å². The summed E-state index contributed by atoms with van der Waals surface area (Å²) < 4.78 is 9.93. The van der Waals surface area contributed by atoms with Gasteiger partial charge in [0.25, 0.3) is 5.89 Å². The molecule has 1 rings (SSSR count). The van der Waals surface area contributed by atoms with Crippen molar-refractivity contribution < 1.29 is 9.26 Å². The molecular weight excluding hydrogens is 158 g/mol. The zero-order chi connectivity index (χ0) is 8.97. The van der Waals surface area contributed by atoms with E-state index in [-0.39, 0.29) is 6.10 Å². The van der Waals surface area contributed by atoms with Gasteiger partial charge in [-0.2, -0.15) is 4.98 Å². The minimum atomic E-state index is -0.149. The minimum absolute atomic E-state index is 0.149. The van der Waals surface area contributed by atoms with Gasteiger partial charge in [0.15, 0.2) is 5.82 Å². The fourth-order valence-corrected chi connectivity index (χ4v) is 0.764. The highest BCUT2D eigenvalue weighted by molar-refractivity contribution is 4.89. The van der Waals surface area contributed by atoms with Crippen LogP contribution < -0.4 is 5.73 Å². The van der Waals surface area contributed by atoms with E-state index in [4.69, 9.17) is 15.0 Å². The van der Waals surface area contributed by atoms with E-state index in [0.29, 0.717) is 24.7 Å². The van der Waals surface area contributed by atoms with Gasteiger partial charge in [0.2, 0.25) is 0 Å². The van der Waals surface area contributed by atoms with E-state index in [9.17, 15) is 0 Å². The van der Waals surface area contributed by atoms with Crippen LogP contribution in [-0.2, 0) is 11.2 Å². The molecule has 12 heavy (non-hydrogen) atoms. The first-order chi connectivity index (χ1) is 5.77. The van der Waals surface area contributed by atoms with Gasteiger partial charge in [0.05, 0.1) is 0 Å². The van der Waals surface area contributed by atoms with Crippen molar-refractivity contribution in [2.75, 3.05) is 13.7 Å². The lowest BCUT2D eigenvalue weighted by Crippen LogP contribution is -2.04. The number of rotatable bonds is 4. The maximum absolute atomic E-state index is 5.33. The molecule has 1 unspecified atom stereocenters. The Balaban J connectivity index is 2.63. The Kier molecular flexibility index (Phi) is 3.19. The summed E-state index contributed by atoms with van der Waals surface area (Å²) in [6.45, 7) is 2.38. The molecule has 2 N–H and O–H groups in total. The first-order valence-corrected chi connectivity index (χ1v) is 3.83. The van der Waals surface area contributed by atoms with Gasteiger partial charge in [-0.3, -0.25) is 0 Å². The number of methoxy groups -OCH3 is 1. The molecule has 5 heteroatoms. The monoisotopic (exact) mass is 171 g/mol. The van der Waals surface area contributed by atoms with E-state index in [0.717, 1.165) is 0 Å². The van der Waals surface area contributed by atoms with Crippen molar-refractivity contribution in [1.82, 2.24) is 10.1 Å². The zero-order valence-electron chi connectivity index (χ0n) is 7.28. The van der Waals surface area contributed by atoms with E-state index in [1.165, 1.54) is 0 Å². The predicted octanol–water partition coefficient (Wildman–Crippen LogP) is 0.278. The number of nitrogens with zero attached hydrogens (tertiary/aromatic N) is 2. The molecule has 0 fully saturated rings. The highest BCUT2D eigenvalue weighted by atomic mass is 16.5. The maximum Gasteiger partial charge on any atom is 0.255 e. The molecule has 1 atom stereocenters. The number of hydrogen-bond donors (Lipinski definition) is 1. The SMILES string of the molecule is COC(C)c1nc(CCN)no1. The summed E-state index contributed by atoms with van der Waals surface area (Å²) >= 11 is 0. The largest absolute Gasteiger partial charge is 0.372 e. The van der Waals surface area contributed by atoms with Crippen molar-refractivity contribution >= 4 is 0 Å². The van der Waals surface area contributed by atoms with Crippen LogP contribution in [0.1, 0.15) is 24.7 Å². The second-order valence-electron chi connectivity index (χ2n) is 2.47. The predicted molar refractivity (Wildman–Crippen MR) is 42.5 cm³/mol. The van der Waals surface area contributed by atoms with Crippen LogP contribution in [0.5, 0.6) is 0 Å². The van der Waals surface area contributed by atoms with Gasteiger partial charge < -0.3 is 15.0 Å². The summed E-state index contributed by atoms with van der Waals surface area (Å²) in [5.41, 5.74) is 5.33. The summed E-state index contributed by atoms with van der Waals surface area (Å²) in [7, 11) is 1.59. The van der Waals surface area contributed by atoms with Gasteiger partial charge in [-0.25, -0.2) is 0 Å². The van der Waals surface area contributed by atoms with Crippen molar-refractivity contribution in [2.45, 2.75) is 19.4 Å². The summed E-state index contributed by atoms with van der Waals surface area (Å²) in [5, 5.41) is 3.73. The Hall–Kier alpha value is -0.940. The third-order valence-electron chi connectivity index (χ3n) is 1.55. The Bertz CT molecular complexity index is 236. The number of hydrogen-bond acceptors (Lipinski definition) is 5. The lowest BCUT2D eigenvalue weighted by Gasteiger charge is -2.00. The third kappa shape index (κ3) is 2.02. The molecule has 1 aromatic heterocycles. The van der Waals surface area contributed by atoms with Gasteiger partial charge in [-0.05, 0) is 13.5 Å². The average molecular weight is 171 g/mol. The van der Waals surface area contributed by atoms with Crippen molar-refractivity contribution in [3.05, 3.63) is 11.7 Å². The molecular formula is C7H13N3O2. The molecule has 1 aromatic rings. The number of nitrogens with two attached hydrogens (primary N) is 1. The molecule has 68 valence electrons. The Labute approximate surface area is 70.9 Å². The molecule has 0 aromatic carbocycles. The lowest BCUT2D eigenvalue weighted by atomic mass is 10.4. The molecule has 0 saturated heterocycles. The summed E-state index contributed by atoms with van der Waals surface area (Å²) in [4.78, 5) is 4.09. The number of ether oxygens (including phenoxy) is 1. The number of aromatic nitrogens is 2. The molecule has 0 spiro atoms.